The fourth-order valence-corrected chi connectivity index (χ4v) is 4.74. The van der Waals surface area contributed by atoms with Crippen LogP contribution >= 0.6 is 23.2 Å². The quantitative estimate of drug-likeness (QED) is 0.265. The van der Waals surface area contributed by atoms with Gasteiger partial charge >= 0.3 is 0 Å². The standard InChI is InChI=1S/C30H22Cl2O2/c31-25-15-11-22(12-16-25)28-27(21-7-3-1-4-8-21)19-20-30(34-28,24-9-5-2-6-10-24)29(33)23-13-17-26(32)18-14-23/h1-18H,19-20H2. The average molecular weight is 485 g/mol. The minimum atomic E-state index is -1.16. The van der Waals surface area contributed by atoms with Crippen LogP contribution in [0, 0.1) is 0 Å². The third-order valence-electron chi connectivity index (χ3n) is 6.22. The molecule has 0 bridgehead atoms. The van der Waals surface area contributed by atoms with E-state index >= 15 is 0 Å². The molecule has 0 saturated heterocycles. The second-order valence-corrected chi connectivity index (χ2v) is 9.18. The van der Waals surface area contributed by atoms with Gasteiger partial charge in [-0.05, 0) is 60.5 Å². The van der Waals surface area contributed by atoms with Crippen LogP contribution in [0.25, 0.3) is 11.3 Å². The molecule has 0 radical (unpaired) electrons. The van der Waals surface area contributed by atoms with E-state index in [2.05, 4.69) is 12.1 Å². The maximum atomic E-state index is 14.1. The minimum absolute atomic E-state index is 0.0889. The number of ketones is 1. The predicted octanol–water partition coefficient (Wildman–Crippen LogP) is 8.45. The topological polar surface area (TPSA) is 26.3 Å². The molecule has 1 unspecified atom stereocenters. The summed E-state index contributed by atoms with van der Waals surface area (Å²) in [6.45, 7) is 0. The minimum Gasteiger partial charge on any atom is -0.473 e. The SMILES string of the molecule is O=C(c1ccc(Cl)cc1)C1(c2ccccc2)CCC(c2ccccc2)=C(c2ccc(Cl)cc2)O1. The highest BCUT2D eigenvalue weighted by molar-refractivity contribution is 6.31. The van der Waals surface area contributed by atoms with Gasteiger partial charge in [0.15, 0.2) is 5.60 Å². The average Bonchev–Trinajstić information content (AvgIpc) is 2.90. The van der Waals surface area contributed by atoms with Crippen LogP contribution in [-0.2, 0) is 10.3 Å². The summed E-state index contributed by atoms with van der Waals surface area (Å²) in [4.78, 5) is 14.1. The van der Waals surface area contributed by atoms with Gasteiger partial charge < -0.3 is 4.74 Å². The number of hydrogen-bond donors (Lipinski definition) is 0. The summed E-state index contributed by atoms with van der Waals surface area (Å²) >= 11 is 12.3. The Kier molecular flexibility index (Phi) is 6.28. The molecule has 1 aliphatic rings. The van der Waals surface area contributed by atoms with E-state index in [1.54, 1.807) is 24.3 Å². The molecule has 0 spiro atoms. The molecule has 168 valence electrons. The molecular weight excluding hydrogens is 463 g/mol. The number of carbonyl (C=O) groups is 1. The Balaban J connectivity index is 1.70. The first kappa shape index (κ1) is 22.5. The first-order valence-corrected chi connectivity index (χ1v) is 11.9. The van der Waals surface area contributed by atoms with E-state index in [9.17, 15) is 4.79 Å². The molecule has 0 saturated carbocycles. The summed E-state index contributed by atoms with van der Waals surface area (Å²) in [7, 11) is 0. The third-order valence-corrected chi connectivity index (χ3v) is 6.72. The molecule has 0 N–H and O–H groups in total. The van der Waals surface area contributed by atoms with Crippen LogP contribution < -0.4 is 0 Å². The van der Waals surface area contributed by atoms with Crippen LogP contribution in [-0.4, -0.2) is 5.78 Å². The van der Waals surface area contributed by atoms with Crippen LogP contribution in [0.3, 0.4) is 0 Å². The molecule has 4 heteroatoms. The number of Topliss-reactive ketones (excluding diaryl/α,β-unsaturated/α-hetero) is 1. The summed E-state index contributed by atoms with van der Waals surface area (Å²) in [6, 6.07) is 34.5. The largest absolute Gasteiger partial charge is 0.473 e. The molecule has 34 heavy (non-hydrogen) atoms. The van der Waals surface area contributed by atoms with Gasteiger partial charge in [0.25, 0.3) is 0 Å². The molecule has 1 aliphatic heterocycles. The summed E-state index contributed by atoms with van der Waals surface area (Å²) in [5.41, 5.74) is 3.25. The zero-order chi connectivity index (χ0) is 23.5. The van der Waals surface area contributed by atoms with E-state index in [0.29, 0.717) is 34.2 Å². The van der Waals surface area contributed by atoms with E-state index in [-0.39, 0.29) is 5.78 Å². The molecular formula is C30H22Cl2O2. The molecule has 4 aromatic rings. The number of benzene rings is 4. The van der Waals surface area contributed by atoms with Crippen molar-refractivity contribution in [2.24, 2.45) is 0 Å². The summed E-state index contributed by atoms with van der Waals surface area (Å²) in [6.07, 6.45) is 1.19. The lowest BCUT2D eigenvalue weighted by atomic mass is 9.78. The van der Waals surface area contributed by atoms with E-state index in [1.807, 2.05) is 72.8 Å². The number of halogens is 2. The Bertz CT molecular complexity index is 1330. The second kappa shape index (κ2) is 9.50. The van der Waals surface area contributed by atoms with Crippen molar-refractivity contribution in [3.8, 4) is 0 Å². The lowest BCUT2D eigenvalue weighted by molar-refractivity contribution is 0.0216. The highest BCUT2D eigenvalue weighted by Gasteiger charge is 2.46. The highest BCUT2D eigenvalue weighted by Crippen LogP contribution is 2.47. The van der Waals surface area contributed by atoms with Crippen LogP contribution in [0.2, 0.25) is 10.0 Å². The molecule has 0 fully saturated rings. The number of carbonyl (C=O) groups excluding carboxylic acids is 1. The monoisotopic (exact) mass is 484 g/mol. The zero-order valence-electron chi connectivity index (χ0n) is 18.4. The number of hydrogen-bond acceptors (Lipinski definition) is 2. The van der Waals surface area contributed by atoms with Gasteiger partial charge in [0.1, 0.15) is 5.76 Å². The van der Waals surface area contributed by atoms with Gasteiger partial charge in [-0.3, -0.25) is 4.79 Å². The molecule has 0 aromatic heterocycles. The molecule has 1 heterocycles. The fourth-order valence-electron chi connectivity index (χ4n) is 4.49. The van der Waals surface area contributed by atoms with Crippen molar-refractivity contribution in [3.63, 3.8) is 0 Å². The van der Waals surface area contributed by atoms with E-state index < -0.39 is 5.60 Å². The van der Waals surface area contributed by atoms with Crippen LogP contribution in [0.4, 0.5) is 0 Å². The maximum absolute atomic E-state index is 14.1. The number of rotatable bonds is 5. The van der Waals surface area contributed by atoms with Crippen molar-refractivity contribution in [1.82, 2.24) is 0 Å². The van der Waals surface area contributed by atoms with E-state index in [1.165, 1.54) is 0 Å². The van der Waals surface area contributed by atoms with Crippen molar-refractivity contribution in [3.05, 3.63) is 141 Å². The molecule has 2 nitrogen and oxygen atoms in total. The van der Waals surface area contributed by atoms with E-state index in [4.69, 9.17) is 27.9 Å². The van der Waals surface area contributed by atoms with Gasteiger partial charge in [0.05, 0.1) is 0 Å². The molecule has 4 aromatic carbocycles. The number of allylic oxidation sites excluding steroid dienone is 1. The van der Waals surface area contributed by atoms with E-state index in [0.717, 1.165) is 22.3 Å². The van der Waals surface area contributed by atoms with Crippen molar-refractivity contribution in [2.45, 2.75) is 18.4 Å². The van der Waals surface area contributed by atoms with Crippen molar-refractivity contribution in [1.29, 1.82) is 0 Å². The van der Waals surface area contributed by atoms with Crippen LogP contribution in [0.1, 0.15) is 39.9 Å². The first-order chi connectivity index (χ1) is 16.6. The predicted molar refractivity (Wildman–Crippen MR) is 139 cm³/mol. The first-order valence-electron chi connectivity index (χ1n) is 11.2. The van der Waals surface area contributed by atoms with Crippen molar-refractivity contribution < 1.29 is 9.53 Å². The van der Waals surface area contributed by atoms with Gasteiger partial charge in [0.2, 0.25) is 5.78 Å². The molecule has 5 rings (SSSR count). The fraction of sp³-hybridized carbons (Fsp3) is 0.100. The molecule has 1 atom stereocenters. The normalized spacial score (nSPS) is 17.8. The van der Waals surface area contributed by atoms with Gasteiger partial charge in [-0.2, -0.15) is 0 Å². The van der Waals surface area contributed by atoms with Crippen LogP contribution in [0.5, 0.6) is 0 Å². The summed E-state index contributed by atoms with van der Waals surface area (Å²) < 4.78 is 6.85. The maximum Gasteiger partial charge on any atom is 0.211 e. The molecule has 0 aliphatic carbocycles. The number of ether oxygens (including phenoxy) is 1. The second-order valence-electron chi connectivity index (χ2n) is 8.31. The van der Waals surface area contributed by atoms with Crippen molar-refractivity contribution in [2.75, 3.05) is 0 Å². The lowest BCUT2D eigenvalue weighted by Gasteiger charge is -2.39. The Morgan fingerprint density at radius 1 is 0.676 bits per heavy atom. The highest BCUT2D eigenvalue weighted by atomic mass is 35.5. The Morgan fingerprint density at radius 3 is 1.85 bits per heavy atom. The van der Waals surface area contributed by atoms with Gasteiger partial charge in [-0.15, -0.1) is 0 Å². The van der Waals surface area contributed by atoms with Gasteiger partial charge in [0, 0.05) is 38.7 Å². The Morgan fingerprint density at radius 2 is 1.24 bits per heavy atom. The zero-order valence-corrected chi connectivity index (χ0v) is 19.9. The van der Waals surface area contributed by atoms with Crippen LogP contribution in [0.15, 0.2) is 109 Å². The Labute approximate surface area is 209 Å². The third kappa shape index (κ3) is 4.27. The smallest absolute Gasteiger partial charge is 0.211 e. The summed E-state index contributed by atoms with van der Waals surface area (Å²) in [5.74, 6) is 0.606. The van der Waals surface area contributed by atoms with Gasteiger partial charge in [-0.25, -0.2) is 0 Å². The summed E-state index contributed by atoms with van der Waals surface area (Å²) in [5, 5.41) is 1.23. The van der Waals surface area contributed by atoms with Gasteiger partial charge in [-0.1, -0.05) is 83.9 Å². The molecule has 0 amide bonds. The lowest BCUT2D eigenvalue weighted by Crippen LogP contribution is -2.40. The Hall–Kier alpha value is -3.33. The van der Waals surface area contributed by atoms with Crippen molar-refractivity contribution >= 4 is 40.3 Å².